The van der Waals surface area contributed by atoms with E-state index in [1.807, 2.05) is 0 Å². The summed E-state index contributed by atoms with van der Waals surface area (Å²) < 4.78 is 0. The van der Waals surface area contributed by atoms with Crippen LogP contribution in [-0.4, -0.2) is 55.4 Å². The molecule has 0 spiro atoms. The summed E-state index contributed by atoms with van der Waals surface area (Å²) in [7, 11) is 0. The summed E-state index contributed by atoms with van der Waals surface area (Å²) in [6.45, 7) is 12.2. The smallest absolute Gasteiger partial charge is 0.0443 e. The van der Waals surface area contributed by atoms with Crippen molar-refractivity contribution in [3.05, 3.63) is 0 Å². The van der Waals surface area contributed by atoms with Gasteiger partial charge in [-0.15, -0.1) is 0 Å². The predicted molar refractivity (Wildman–Crippen MR) is 81.2 cm³/mol. The van der Waals surface area contributed by atoms with Crippen molar-refractivity contribution in [3.8, 4) is 0 Å². The van der Waals surface area contributed by atoms with E-state index in [4.69, 9.17) is 10.8 Å². The molecular formula is C15H33N3O. The van der Waals surface area contributed by atoms with Crippen LogP contribution in [0.25, 0.3) is 0 Å². The van der Waals surface area contributed by atoms with Crippen LogP contribution in [0.2, 0.25) is 0 Å². The largest absolute Gasteiger partial charge is 0.396 e. The SMILES string of the molecule is CC(C)(C)CC1CC(NCCCO)CN(CCN)C1. The normalized spacial score (nSPS) is 25.7. The average molecular weight is 271 g/mol. The molecule has 1 aliphatic rings. The van der Waals surface area contributed by atoms with Crippen LogP contribution in [0.4, 0.5) is 0 Å². The van der Waals surface area contributed by atoms with E-state index in [-0.39, 0.29) is 6.61 Å². The molecule has 0 aromatic carbocycles. The second kappa shape index (κ2) is 8.20. The Morgan fingerprint density at radius 2 is 2.05 bits per heavy atom. The molecule has 19 heavy (non-hydrogen) atoms. The third-order valence-electron chi connectivity index (χ3n) is 3.73. The number of hydrogen-bond acceptors (Lipinski definition) is 4. The van der Waals surface area contributed by atoms with E-state index in [9.17, 15) is 0 Å². The van der Waals surface area contributed by atoms with Crippen molar-refractivity contribution >= 4 is 0 Å². The lowest BCUT2D eigenvalue weighted by Gasteiger charge is -2.40. The van der Waals surface area contributed by atoms with Gasteiger partial charge in [0.15, 0.2) is 0 Å². The highest BCUT2D eigenvalue weighted by Gasteiger charge is 2.29. The lowest BCUT2D eigenvalue weighted by Crippen LogP contribution is -2.51. The topological polar surface area (TPSA) is 61.5 Å². The molecule has 1 saturated heterocycles. The minimum atomic E-state index is 0.275. The van der Waals surface area contributed by atoms with Gasteiger partial charge >= 0.3 is 0 Å². The highest BCUT2D eigenvalue weighted by molar-refractivity contribution is 4.85. The first-order valence-corrected chi connectivity index (χ1v) is 7.71. The lowest BCUT2D eigenvalue weighted by molar-refractivity contribution is 0.115. The molecule has 0 aliphatic carbocycles. The van der Waals surface area contributed by atoms with Crippen LogP contribution in [0.3, 0.4) is 0 Å². The van der Waals surface area contributed by atoms with E-state index in [0.29, 0.717) is 11.5 Å². The van der Waals surface area contributed by atoms with Crippen molar-refractivity contribution in [2.45, 2.75) is 46.1 Å². The number of nitrogens with one attached hydrogen (secondary N) is 1. The van der Waals surface area contributed by atoms with Crippen molar-refractivity contribution in [3.63, 3.8) is 0 Å². The summed E-state index contributed by atoms with van der Waals surface area (Å²) in [5.41, 5.74) is 6.10. The summed E-state index contributed by atoms with van der Waals surface area (Å²) in [5, 5.41) is 12.5. The molecular weight excluding hydrogens is 238 g/mol. The fourth-order valence-electron chi connectivity index (χ4n) is 3.21. The van der Waals surface area contributed by atoms with Crippen molar-refractivity contribution < 1.29 is 5.11 Å². The quantitative estimate of drug-likeness (QED) is 0.606. The summed E-state index contributed by atoms with van der Waals surface area (Å²) in [5.74, 6) is 0.756. The number of nitrogens with zero attached hydrogens (tertiary/aromatic N) is 1. The van der Waals surface area contributed by atoms with Crippen molar-refractivity contribution in [2.75, 3.05) is 39.3 Å². The highest BCUT2D eigenvalue weighted by atomic mass is 16.3. The van der Waals surface area contributed by atoms with E-state index in [2.05, 4.69) is 31.0 Å². The number of hydrogen-bond donors (Lipinski definition) is 3. The van der Waals surface area contributed by atoms with Gasteiger partial charge in [-0.25, -0.2) is 0 Å². The second-order valence-electron chi connectivity index (χ2n) is 7.14. The molecule has 114 valence electrons. The molecule has 0 aromatic rings. The number of nitrogens with two attached hydrogens (primary N) is 1. The maximum absolute atomic E-state index is 8.87. The van der Waals surface area contributed by atoms with Crippen LogP contribution in [0.5, 0.6) is 0 Å². The molecule has 0 bridgehead atoms. The van der Waals surface area contributed by atoms with Gasteiger partial charge in [0.2, 0.25) is 0 Å². The average Bonchev–Trinajstić information content (AvgIpc) is 2.27. The van der Waals surface area contributed by atoms with Crippen LogP contribution in [0.15, 0.2) is 0 Å². The van der Waals surface area contributed by atoms with Crippen LogP contribution in [-0.2, 0) is 0 Å². The molecule has 2 atom stereocenters. The molecule has 4 nitrogen and oxygen atoms in total. The molecule has 4 N–H and O–H groups in total. The second-order valence-corrected chi connectivity index (χ2v) is 7.14. The maximum Gasteiger partial charge on any atom is 0.0443 e. The Balaban J connectivity index is 2.47. The number of rotatable bonds is 7. The van der Waals surface area contributed by atoms with Crippen LogP contribution >= 0.6 is 0 Å². The van der Waals surface area contributed by atoms with Gasteiger partial charge in [0, 0.05) is 38.8 Å². The monoisotopic (exact) mass is 271 g/mol. The van der Waals surface area contributed by atoms with Gasteiger partial charge in [-0.05, 0) is 37.1 Å². The Bertz CT molecular complexity index is 240. The van der Waals surface area contributed by atoms with Gasteiger partial charge in [-0.1, -0.05) is 20.8 Å². The van der Waals surface area contributed by atoms with Crippen molar-refractivity contribution in [2.24, 2.45) is 17.1 Å². The van der Waals surface area contributed by atoms with Crippen LogP contribution < -0.4 is 11.1 Å². The Morgan fingerprint density at radius 3 is 2.63 bits per heavy atom. The molecule has 1 fully saturated rings. The zero-order valence-electron chi connectivity index (χ0n) is 13.0. The Labute approximate surface area is 118 Å². The zero-order chi connectivity index (χ0) is 14.3. The standard InChI is InChI=1S/C15H33N3O/c1-15(2,3)10-13-9-14(17-6-4-8-19)12-18(11-13)7-5-16/h13-14,17,19H,4-12,16H2,1-3H3. The Kier molecular flexibility index (Phi) is 7.29. The lowest BCUT2D eigenvalue weighted by atomic mass is 9.80. The fraction of sp³-hybridized carbons (Fsp3) is 1.00. The molecule has 1 heterocycles. The minimum Gasteiger partial charge on any atom is -0.396 e. The zero-order valence-corrected chi connectivity index (χ0v) is 13.0. The molecule has 4 heteroatoms. The van der Waals surface area contributed by atoms with E-state index >= 15 is 0 Å². The number of aliphatic hydroxyl groups excluding tert-OH is 1. The third kappa shape index (κ3) is 7.25. The number of aliphatic hydroxyl groups is 1. The van der Waals surface area contributed by atoms with E-state index in [1.165, 1.54) is 19.4 Å². The minimum absolute atomic E-state index is 0.275. The predicted octanol–water partition coefficient (Wildman–Crippen LogP) is 1.04. The summed E-state index contributed by atoms with van der Waals surface area (Å²) >= 11 is 0. The van der Waals surface area contributed by atoms with Gasteiger partial charge in [0.05, 0.1) is 0 Å². The van der Waals surface area contributed by atoms with Gasteiger partial charge in [0.25, 0.3) is 0 Å². The third-order valence-corrected chi connectivity index (χ3v) is 3.73. The molecule has 0 aromatic heterocycles. The first-order chi connectivity index (χ1) is 8.94. The number of likely N-dealkylation sites (tertiary alicyclic amines) is 1. The van der Waals surface area contributed by atoms with Gasteiger partial charge in [0.1, 0.15) is 0 Å². The van der Waals surface area contributed by atoms with Gasteiger partial charge < -0.3 is 21.1 Å². The molecule has 0 radical (unpaired) electrons. The maximum atomic E-state index is 8.87. The van der Waals surface area contributed by atoms with E-state index in [0.717, 1.165) is 38.5 Å². The molecule has 1 aliphatic heterocycles. The van der Waals surface area contributed by atoms with E-state index < -0.39 is 0 Å². The van der Waals surface area contributed by atoms with Gasteiger partial charge in [-0.3, -0.25) is 0 Å². The van der Waals surface area contributed by atoms with Crippen LogP contribution in [0, 0.1) is 11.3 Å². The summed E-state index contributed by atoms with van der Waals surface area (Å²) in [6.07, 6.45) is 3.37. The molecule has 0 saturated carbocycles. The first-order valence-electron chi connectivity index (χ1n) is 7.71. The Morgan fingerprint density at radius 1 is 1.32 bits per heavy atom. The van der Waals surface area contributed by atoms with Gasteiger partial charge in [-0.2, -0.15) is 0 Å². The van der Waals surface area contributed by atoms with Crippen molar-refractivity contribution in [1.29, 1.82) is 0 Å². The van der Waals surface area contributed by atoms with E-state index in [1.54, 1.807) is 0 Å². The molecule has 2 unspecified atom stereocenters. The molecule has 0 amide bonds. The summed E-state index contributed by atoms with van der Waals surface area (Å²) in [4.78, 5) is 2.50. The highest BCUT2D eigenvalue weighted by Crippen LogP contribution is 2.30. The van der Waals surface area contributed by atoms with Crippen LogP contribution in [0.1, 0.15) is 40.0 Å². The first kappa shape index (κ1) is 16.9. The number of piperidine rings is 1. The summed E-state index contributed by atoms with van der Waals surface area (Å²) in [6, 6.07) is 0.555. The van der Waals surface area contributed by atoms with Crippen molar-refractivity contribution in [1.82, 2.24) is 10.2 Å². The molecule has 1 rings (SSSR count). The fourth-order valence-corrected chi connectivity index (χ4v) is 3.21. The Hall–Kier alpha value is -0.160.